The minimum absolute atomic E-state index is 0.0877. The lowest BCUT2D eigenvalue weighted by Crippen LogP contribution is -2.21. The number of pyridine rings is 1. The number of halogens is 1. The third-order valence-electron chi connectivity index (χ3n) is 4.90. The van der Waals surface area contributed by atoms with E-state index in [0.29, 0.717) is 30.8 Å². The van der Waals surface area contributed by atoms with E-state index in [9.17, 15) is 19.1 Å². The fraction of sp³-hybridized carbons (Fsp3) is 0.200. The van der Waals surface area contributed by atoms with Gasteiger partial charge in [-0.3, -0.25) is 4.79 Å². The SMILES string of the molecule is CCn1cc(C(=O)O)c(=O)c2cc(F)c(N3Cc4ccccc4C3)cc21. The molecule has 1 aliphatic rings. The van der Waals surface area contributed by atoms with E-state index in [0.717, 1.165) is 17.2 Å². The zero-order valence-corrected chi connectivity index (χ0v) is 14.2. The van der Waals surface area contributed by atoms with E-state index in [4.69, 9.17) is 0 Å². The summed E-state index contributed by atoms with van der Waals surface area (Å²) in [6.45, 7) is 3.52. The van der Waals surface area contributed by atoms with Crippen LogP contribution in [0.2, 0.25) is 0 Å². The van der Waals surface area contributed by atoms with Crippen molar-refractivity contribution in [3.05, 3.63) is 75.3 Å². The Hall–Kier alpha value is -3.15. The maximum absolute atomic E-state index is 14.8. The Morgan fingerprint density at radius 3 is 2.42 bits per heavy atom. The fourth-order valence-electron chi connectivity index (χ4n) is 3.56. The molecule has 132 valence electrons. The summed E-state index contributed by atoms with van der Waals surface area (Å²) in [6.07, 6.45) is 1.33. The Morgan fingerprint density at radius 2 is 1.85 bits per heavy atom. The predicted molar refractivity (Wildman–Crippen MR) is 97.1 cm³/mol. The number of rotatable bonds is 3. The van der Waals surface area contributed by atoms with Gasteiger partial charge in [-0.15, -0.1) is 0 Å². The van der Waals surface area contributed by atoms with E-state index >= 15 is 0 Å². The highest BCUT2D eigenvalue weighted by Crippen LogP contribution is 2.32. The molecule has 3 aromatic rings. The van der Waals surface area contributed by atoms with Crippen molar-refractivity contribution in [2.75, 3.05) is 4.90 Å². The van der Waals surface area contributed by atoms with Crippen molar-refractivity contribution in [1.82, 2.24) is 4.57 Å². The lowest BCUT2D eigenvalue weighted by atomic mass is 10.1. The topological polar surface area (TPSA) is 62.5 Å². The lowest BCUT2D eigenvalue weighted by molar-refractivity contribution is 0.0695. The summed E-state index contributed by atoms with van der Waals surface area (Å²) in [5, 5.41) is 9.31. The first kappa shape index (κ1) is 16.3. The summed E-state index contributed by atoms with van der Waals surface area (Å²) >= 11 is 0. The average molecular weight is 352 g/mol. The molecular formula is C20H17FN2O3. The van der Waals surface area contributed by atoms with Crippen LogP contribution in [-0.2, 0) is 19.6 Å². The predicted octanol–water partition coefficient (Wildman–Crippen LogP) is 3.38. The number of aryl methyl sites for hydroxylation is 1. The number of aromatic carboxylic acids is 1. The molecule has 0 spiro atoms. The molecule has 0 amide bonds. The number of carbonyl (C=O) groups is 1. The van der Waals surface area contributed by atoms with E-state index in [2.05, 4.69) is 0 Å². The Kier molecular flexibility index (Phi) is 3.76. The van der Waals surface area contributed by atoms with Gasteiger partial charge in [-0.1, -0.05) is 24.3 Å². The maximum atomic E-state index is 14.8. The molecule has 6 heteroatoms. The van der Waals surface area contributed by atoms with Crippen LogP contribution in [0.5, 0.6) is 0 Å². The number of carboxylic acids is 1. The number of aromatic nitrogens is 1. The van der Waals surface area contributed by atoms with Crippen LogP contribution in [0.3, 0.4) is 0 Å². The smallest absolute Gasteiger partial charge is 0.341 e. The number of benzene rings is 2. The van der Waals surface area contributed by atoms with Crippen molar-refractivity contribution in [3.8, 4) is 0 Å². The highest BCUT2D eigenvalue weighted by Gasteiger charge is 2.23. The number of nitrogens with zero attached hydrogens (tertiary/aromatic N) is 2. The normalized spacial score (nSPS) is 13.2. The number of hydrogen-bond acceptors (Lipinski definition) is 3. The van der Waals surface area contributed by atoms with Gasteiger partial charge in [0.25, 0.3) is 0 Å². The van der Waals surface area contributed by atoms with Gasteiger partial charge in [0.2, 0.25) is 5.43 Å². The summed E-state index contributed by atoms with van der Waals surface area (Å²) in [5.41, 5.74) is 2.25. The molecule has 0 bridgehead atoms. The van der Waals surface area contributed by atoms with Crippen LogP contribution in [-0.4, -0.2) is 15.6 Å². The van der Waals surface area contributed by atoms with Gasteiger partial charge in [-0.25, -0.2) is 9.18 Å². The second-order valence-corrected chi connectivity index (χ2v) is 6.41. The highest BCUT2D eigenvalue weighted by atomic mass is 19.1. The zero-order valence-electron chi connectivity index (χ0n) is 14.2. The molecule has 0 aliphatic carbocycles. The molecule has 0 unspecified atom stereocenters. The maximum Gasteiger partial charge on any atom is 0.341 e. The Labute approximate surface area is 148 Å². The van der Waals surface area contributed by atoms with Crippen molar-refractivity contribution in [2.45, 2.75) is 26.6 Å². The molecule has 0 saturated heterocycles. The first-order chi connectivity index (χ1) is 12.5. The molecule has 1 aliphatic heterocycles. The number of fused-ring (bicyclic) bond motifs is 2. The third kappa shape index (κ3) is 2.45. The van der Waals surface area contributed by atoms with Gasteiger partial charge >= 0.3 is 5.97 Å². The van der Waals surface area contributed by atoms with Crippen LogP contribution in [0, 0.1) is 5.82 Å². The quantitative estimate of drug-likeness (QED) is 0.785. The van der Waals surface area contributed by atoms with E-state index in [1.54, 1.807) is 10.6 Å². The minimum Gasteiger partial charge on any atom is -0.477 e. The molecule has 2 heterocycles. The summed E-state index contributed by atoms with van der Waals surface area (Å²) in [4.78, 5) is 25.7. The van der Waals surface area contributed by atoms with Crippen molar-refractivity contribution in [1.29, 1.82) is 0 Å². The van der Waals surface area contributed by atoms with Gasteiger partial charge < -0.3 is 14.6 Å². The average Bonchev–Trinajstić information content (AvgIpc) is 3.05. The molecule has 26 heavy (non-hydrogen) atoms. The molecule has 0 fully saturated rings. The second-order valence-electron chi connectivity index (χ2n) is 6.41. The van der Waals surface area contributed by atoms with Crippen LogP contribution in [0.25, 0.3) is 10.9 Å². The first-order valence-corrected chi connectivity index (χ1v) is 8.41. The minimum atomic E-state index is -1.31. The molecule has 2 aromatic carbocycles. The van der Waals surface area contributed by atoms with Gasteiger partial charge in [-0.2, -0.15) is 0 Å². The van der Waals surface area contributed by atoms with Gasteiger partial charge in [0, 0.05) is 31.2 Å². The van der Waals surface area contributed by atoms with Crippen LogP contribution in [0.1, 0.15) is 28.4 Å². The summed E-state index contributed by atoms with van der Waals surface area (Å²) < 4.78 is 16.5. The number of carboxylic acid groups (broad SMARTS) is 1. The van der Waals surface area contributed by atoms with Crippen molar-refractivity contribution in [2.24, 2.45) is 0 Å². The molecule has 0 saturated carbocycles. The summed E-state index contributed by atoms with van der Waals surface area (Å²) in [6, 6.07) is 10.8. The van der Waals surface area contributed by atoms with Crippen LogP contribution in [0.4, 0.5) is 10.1 Å². The van der Waals surface area contributed by atoms with E-state index < -0.39 is 17.2 Å². The molecule has 1 N–H and O–H groups in total. The molecule has 0 radical (unpaired) electrons. The molecule has 1 aromatic heterocycles. The van der Waals surface area contributed by atoms with Crippen LogP contribution in [0.15, 0.2) is 47.4 Å². The van der Waals surface area contributed by atoms with E-state index in [-0.39, 0.29) is 10.9 Å². The van der Waals surface area contributed by atoms with Crippen LogP contribution < -0.4 is 10.3 Å². The molecule has 5 nitrogen and oxygen atoms in total. The Morgan fingerprint density at radius 1 is 1.19 bits per heavy atom. The van der Waals surface area contributed by atoms with E-state index in [1.165, 1.54) is 6.20 Å². The fourth-order valence-corrected chi connectivity index (χ4v) is 3.56. The van der Waals surface area contributed by atoms with Crippen molar-refractivity contribution < 1.29 is 14.3 Å². The lowest BCUT2D eigenvalue weighted by Gasteiger charge is -2.20. The van der Waals surface area contributed by atoms with Gasteiger partial charge in [0.05, 0.1) is 11.2 Å². The van der Waals surface area contributed by atoms with Gasteiger partial charge in [0.15, 0.2) is 0 Å². The van der Waals surface area contributed by atoms with Crippen LogP contribution >= 0.6 is 0 Å². The third-order valence-corrected chi connectivity index (χ3v) is 4.90. The molecular weight excluding hydrogens is 335 g/mol. The van der Waals surface area contributed by atoms with Crippen molar-refractivity contribution >= 4 is 22.6 Å². The Balaban J connectivity index is 1.89. The highest BCUT2D eigenvalue weighted by molar-refractivity contribution is 5.93. The Bertz CT molecular complexity index is 1080. The monoisotopic (exact) mass is 352 g/mol. The van der Waals surface area contributed by atoms with E-state index in [1.807, 2.05) is 36.1 Å². The largest absolute Gasteiger partial charge is 0.477 e. The zero-order chi connectivity index (χ0) is 18.4. The first-order valence-electron chi connectivity index (χ1n) is 8.41. The molecule has 4 rings (SSSR count). The summed E-state index contributed by atoms with van der Waals surface area (Å²) in [7, 11) is 0. The number of hydrogen-bond donors (Lipinski definition) is 1. The molecule has 0 atom stereocenters. The van der Waals surface area contributed by atoms with Gasteiger partial charge in [0.1, 0.15) is 11.4 Å². The second kappa shape index (κ2) is 5.98. The van der Waals surface area contributed by atoms with Crippen molar-refractivity contribution in [3.63, 3.8) is 0 Å². The summed E-state index contributed by atoms with van der Waals surface area (Å²) in [5.74, 6) is -1.83. The standard InChI is InChI=1S/C20H17FN2O3/c1-2-22-11-15(20(25)26)19(24)14-7-16(21)18(8-17(14)22)23-9-12-5-3-4-6-13(12)10-23/h3-8,11H,2,9-10H2,1H3,(H,25,26). The van der Waals surface area contributed by atoms with Gasteiger partial charge in [-0.05, 0) is 30.2 Å². The number of anilines is 1.